The minimum absolute atomic E-state index is 0.252. The third-order valence-electron chi connectivity index (χ3n) is 6.10. The Bertz CT molecular complexity index is 704. The summed E-state index contributed by atoms with van der Waals surface area (Å²) in [4.78, 5) is 6.89. The Kier molecular flexibility index (Phi) is 5.99. The first-order chi connectivity index (χ1) is 13.1. The van der Waals surface area contributed by atoms with E-state index in [0.717, 1.165) is 57.1 Å². The van der Waals surface area contributed by atoms with Crippen LogP contribution in [0.25, 0.3) is 0 Å². The molecule has 1 aliphatic heterocycles. The van der Waals surface area contributed by atoms with Gasteiger partial charge in [-0.15, -0.1) is 0 Å². The van der Waals surface area contributed by atoms with Gasteiger partial charge in [-0.25, -0.2) is 18.1 Å². The molecule has 0 bridgehead atoms. The molecular weight excluding hydrogens is 362 g/mol. The van der Waals surface area contributed by atoms with E-state index >= 15 is 0 Å². The summed E-state index contributed by atoms with van der Waals surface area (Å²) in [7, 11) is -3.44. The Hall–Kier alpha value is -1.18. The lowest BCUT2D eigenvalue weighted by atomic mass is 10.1. The van der Waals surface area contributed by atoms with Crippen molar-refractivity contribution in [3.63, 3.8) is 0 Å². The molecule has 27 heavy (non-hydrogen) atoms. The average molecular weight is 394 g/mol. The van der Waals surface area contributed by atoms with Gasteiger partial charge < -0.3 is 9.64 Å². The minimum Gasteiger partial charge on any atom is -0.378 e. The van der Waals surface area contributed by atoms with Crippen molar-refractivity contribution in [1.29, 1.82) is 0 Å². The van der Waals surface area contributed by atoms with Gasteiger partial charge in [0.1, 0.15) is 10.7 Å². The van der Waals surface area contributed by atoms with E-state index in [2.05, 4.69) is 14.6 Å². The number of hydrogen-bond donors (Lipinski definition) is 1. The van der Waals surface area contributed by atoms with Crippen LogP contribution >= 0.6 is 0 Å². The molecule has 2 aliphatic carbocycles. The summed E-state index contributed by atoms with van der Waals surface area (Å²) in [6, 6.07) is 3.49. The monoisotopic (exact) mass is 393 g/mol. The number of hydrogen-bond acceptors (Lipinski definition) is 5. The smallest absolute Gasteiger partial charge is 0.242 e. The molecule has 1 saturated heterocycles. The molecule has 0 aromatic carbocycles. The molecule has 0 amide bonds. The van der Waals surface area contributed by atoms with Crippen LogP contribution in [0.1, 0.15) is 51.4 Å². The maximum Gasteiger partial charge on any atom is 0.242 e. The highest BCUT2D eigenvalue weighted by molar-refractivity contribution is 7.89. The Labute approximate surface area is 162 Å². The van der Waals surface area contributed by atoms with E-state index < -0.39 is 10.0 Å². The van der Waals surface area contributed by atoms with Crippen molar-refractivity contribution < 1.29 is 13.2 Å². The van der Waals surface area contributed by atoms with Gasteiger partial charge in [0.25, 0.3) is 0 Å². The van der Waals surface area contributed by atoms with E-state index in [1.54, 1.807) is 6.07 Å². The van der Waals surface area contributed by atoms with E-state index in [4.69, 9.17) is 4.74 Å². The fraction of sp³-hybridized carbons (Fsp3) is 0.750. The average Bonchev–Trinajstić information content (AvgIpc) is 3.39. The maximum atomic E-state index is 12.3. The maximum absolute atomic E-state index is 12.3. The van der Waals surface area contributed by atoms with Crippen LogP contribution in [0.3, 0.4) is 0 Å². The number of pyridine rings is 1. The van der Waals surface area contributed by atoms with Crippen molar-refractivity contribution in [3.8, 4) is 0 Å². The van der Waals surface area contributed by atoms with Crippen LogP contribution in [0.4, 0.5) is 5.82 Å². The van der Waals surface area contributed by atoms with Crippen molar-refractivity contribution >= 4 is 15.8 Å². The molecule has 0 unspecified atom stereocenters. The topological polar surface area (TPSA) is 71.5 Å². The molecule has 4 rings (SSSR count). The fourth-order valence-corrected chi connectivity index (χ4v) is 5.11. The second-order valence-corrected chi connectivity index (χ2v) is 10.1. The molecule has 1 aromatic rings. The number of sulfonamides is 1. The van der Waals surface area contributed by atoms with Crippen molar-refractivity contribution in [2.75, 3.05) is 31.1 Å². The minimum atomic E-state index is -3.44. The molecule has 1 N–H and O–H groups in total. The summed E-state index contributed by atoms with van der Waals surface area (Å²) < 4.78 is 33.4. The lowest BCUT2D eigenvalue weighted by Crippen LogP contribution is -2.38. The molecule has 150 valence electrons. The van der Waals surface area contributed by atoms with Crippen LogP contribution < -0.4 is 9.62 Å². The van der Waals surface area contributed by atoms with Gasteiger partial charge in [-0.3, -0.25) is 0 Å². The number of nitrogens with zero attached hydrogens (tertiary/aromatic N) is 2. The lowest BCUT2D eigenvalue weighted by Gasteiger charge is -2.33. The molecule has 0 spiro atoms. The summed E-state index contributed by atoms with van der Waals surface area (Å²) >= 11 is 0. The summed E-state index contributed by atoms with van der Waals surface area (Å²) in [6.45, 7) is 3.28. The third-order valence-corrected chi connectivity index (χ3v) is 7.51. The van der Waals surface area contributed by atoms with Crippen LogP contribution in [0.5, 0.6) is 0 Å². The van der Waals surface area contributed by atoms with E-state index in [-0.39, 0.29) is 4.90 Å². The van der Waals surface area contributed by atoms with E-state index in [1.165, 1.54) is 31.9 Å². The first kappa shape index (κ1) is 19.2. The third kappa shape index (κ3) is 5.21. The predicted molar refractivity (Wildman–Crippen MR) is 105 cm³/mol. The van der Waals surface area contributed by atoms with E-state index in [9.17, 15) is 8.42 Å². The van der Waals surface area contributed by atoms with Crippen molar-refractivity contribution in [3.05, 3.63) is 18.3 Å². The Balaban J connectivity index is 1.25. The number of piperidine rings is 1. The van der Waals surface area contributed by atoms with Gasteiger partial charge in [0.05, 0.1) is 6.10 Å². The van der Waals surface area contributed by atoms with Gasteiger partial charge in [0.2, 0.25) is 10.0 Å². The second kappa shape index (κ2) is 8.45. The summed E-state index contributed by atoms with van der Waals surface area (Å²) in [5, 5.41) is 0. The molecule has 2 saturated carbocycles. The number of rotatable bonds is 8. The van der Waals surface area contributed by atoms with Gasteiger partial charge in [0, 0.05) is 32.4 Å². The van der Waals surface area contributed by atoms with Crippen molar-refractivity contribution in [2.24, 2.45) is 11.8 Å². The summed E-state index contributed by atoms with van der Waals surface area (Å²) in [5.74, 6) is 2.14. The SMILES string of the molecule is O=S(=O)(NCC1CC1)c1ccc(N2CCC(OCC3CCCC3)CC2)nc1. The molecule has 1 aromatic heterocycles. The van der Waals surface area contributed by atoms with Crippen molar-refractivity contribution in [1.82, 2.24) is 9.71 Å². The van der Waals surface area contributed by atoms with Crippen LogP contribution in [0.2, 0.25) is 0 Å². The van der Waals surface area contributed by atoms with Gasteiger partial charge in [0.15, 0.2) is 0 Å². The van der Waals surface area contributed by atoms with Crippen LogP contribution in [-0.4, -0.2) is 45.7 Å². The highest BCUT2D eigenvalue weighted by Crippen LogP contribution is 2.29. The zero-order chi connectivity index (χ0) is 18.7. The largest absolute Gasteiger partial charge is 0.378 e. The molecular formula is C20H31N3O3S. The summed E-state index contributed by atoms with van der Waals surface area (Å²) in [6.07, 6.45) is 11.5. The van der Waals surface area contributed by atoms with Crippen molar-refractivity contribution in [2.45, 2.75) is 62.4 Å². The van der Waals surface area contributed by atoms with Crippen LogP contribution in [0.15, 0.2) is 23.2 Å². The van der Waals surface area contributed by atoms with Gasteiger partial charge >= 0.3 is 0 Å². The molecule has 3 aliphatic rings. The van der Waals surface area contributed by atoms with Gasteiger partial charge in [-0.2, -0.15) is 0 Å². The first-order valence-electron chi connectivity index (χ1n) is 10.4. The molecule has 2 heterocycles. The zero-order valence-corrected chi connectivity index (χ0v) is 16.8. The predicted octanol–water partition coefficient (Wildman–Crippen LogP) is 2.95. The molecule has 6 nitrogen and oxygen atoms in total. The normalized spacial score (nSPS) is 22.4. The first-order valence-corrected chi connectivity index (χ1v) is 11.9. The highest BCUT2D eigenvalue weighted by Gasteiger charge is 2.25. The number of ether oxygens (including phenoxy) is 1. The number of nitrogens with one attached hydrogen (secondary N) is 1. The Morgan fingerprint density at radius 2 is 1.78 bits per heavy atom. The van der Waals surface area contributed by atoms with E-state index in [1.807, 2.05) is 6.07 Å². The molecule has 0 atom stereocenters. The zero-order valence-electron chi connectivity index (χ0n) is 16.0. The van der Waals surface area contributed by atoms with E-state index in [0.29, 0.717) is 18.6 Å². The standard InChI is InChI=1S/C20H31N3O3S/c24-27(25,22-13-16-5-6-16)19-7-8-20(21-14-19)23-11-9-18(10-12-23)26-15-17-3-1-2-4-17/h7-8,14,16-18,22H,1-6,9-13,15H2. The van der Waals surface area contributed by atoms with Crippen LogP contribution in [0, 0.1) is 11.8 Å². The lowest BCUT2D eigenvalue weighted by molar-refractivity contribution is 0.0164. The van der Waals surface area contributed by atoms with Crippen LogP contribution in [-0.2, 0) is 14.8 Å². The molecule has 3 fully saturated rings. The molecule has 7 heteroatoms. The van der Waals surface area contributed by atoms with Gasteiger partial charge in [-0.1, -0.05) is 12.8 Å². The molecule has 0 radical (unpaired) electrons. The Morgan fingerprint density at radius 3 is 2.41 bits per heavy atom. The quantitative estimate of drug-likeness (QED) is 0.735. The number of aromatic nitrogens is 1. The summed E-state index contributed by atoms with van der Waals surface area (Å²) in [5.41, 5.74) is 0. The van der Waals surface area contributed by atoms with Gasteiger partial charge in [-0.05, 0) is 62.5 Å². The fourth-order valence-electron chi connectivity index (χ4n) is 4.05. The Morgan fingerprint density at radius 1 is 1.04 bits per heavy atom. The second-order valence-electron chi connectivity index (χ2n) is 8.32. The highest BCUT2D eigenvalue weighted by atomic mass is 32.2. The number of anilines is 1.